The Morgan fingerprint density at radius 1 is 1.58 bits per heavy atom. The van der Waals surface area contributed by atoms with Crippen LogP contribution in [0.4, 0.5) is 0 Å². The number of rotatable bonds is 3. The molecule has 0 fully saturated rings. The molecule has 0 spiro atoms. The summed E-state index contributed by atoms with van der Waals surface area (Å²) in [6.45, 7) is 6.23. The molecule has 0 aliphatic heterocycles. The number of carbonyl (C=O) groups is 1. The molecule has 0 aliphatic carbocycles. The van der Waals surface area contributed by atoms with Gasteiger partial charge in [-0.25, -0.2) is 4.79 Å². The maximum atomic E-state index is 10.6. The highest BCUT2D eigenvalue weighted by atomic mass is 28.3. The van der Waals surface area contributed by atoms with Gasteiger partial charge in [-0.2, -0.15) is 0 Å². The van der Waals surface area contributed by atoms with E-state index >= 15 is 0 Å². The lowest BCUT2D eigenvalue weighted by Gasteiger charge is -2.10. The van der Waals surface area contributed by atoms with E-state index in [4.69, 9.17) is 11.5 Å². The van der Waals surface area contributed by atoms with Crippen LogP contribution in [0.2, 0.25) is 19.6 Å². The molecule has 1 N–H and O–H groups in total. The predicted molar refractivity (Wildman–Crippen MR) is 52.5 cm³/mol. The van der Waals surface area contributed by atoms with Crippen LogP contribution < -0.4 is 0 Å². The molecule has 0 rings (SSSR count). The van der Waals surface area contributed by atoms with Crippen LogP contribution in [0.5, 0.6) is 0 Å². The van der Waals surface area contributed by atoms with Crippen LogP contribution >= 0.6 is 0 Å². The van der Waals surface area contributed by atoms with Crippen LogP contribution in [0.1, 0.15) is 6.42 Å². The van der Waals surface area contributed by atoms with Crippen molar-refractivity contribution in [1.29, 1.82) is 0 Å². The van der Waals surface area contributed by atoms with E-state index < -0.39 is 14.0 Å². The maximum Gasteiger partial charge on any atom is 0.331 e. The number of hydrogen-bond acceptors (Lipinski definition) is 1. The summed E-state index contributed by atoms with van der Waals surface area (Å²) in [4.78, 5) is 10.6. The normalized spacial score (nSPS) is 12.3. The van der Waals surface area contributed by atoms with Crippen molar-refractivity contribution >= 4 is 14.0 Å². The van der Waals surface area contributed by atoms with Crippen LogP contribution in [0.25, 0.3) is 0 Å². The summed E-state index contributed by atoms with van der Waals surface area (Å²) in [5.74, 6) is 1.45. The Hall–Kier alpha value is -1.01. The minimum atomic E-state index is -1.46. The first-order chi connectivity index (χ1) is 5.37. The summed E-state index contributed by atoms with van der Waals surface area (Å²) in [6.07, 6.45) is 5.27. The third-order valence-electron chi connectivity index (χ3n) is 1.17. The summed E-state index contributed by atoms with van der Waals surface area (Å²) < 4.78 is 0. The fraction of sp³-hybridized carbons (Fsp3) is 0.444. The summed E-state index contributed by atoms with van der Waals surface area (Å²) in [5.41, 5.74) is 2.19. The van der Waals surface area contributed by atoms with E-state index in [-0.39, 0.29) is 6.42 Å². The summed E-state index contributed by atoms with van der Waals surface area (Å²) in [5, 5.41) is 8.73. The molecule has 0 radical (unpaired) electrons. The number of carboxylic acid groups (broad SMARTS) is 1. The quantitative estimate of drug-likeness (QED) is 0.411. The van der Waals surface area contributed by atoms with E-state index in [2.05, 4.69) is 25.6 Å². The fourth-order valence-electron chi connectivity index (χ4n) is 0.821. The van der Waals surface area contributed by atoms with Crippen molar-refractivity contribution in [3.63, 3.8) is 0 Å². The third-order valence-corrected chi connectivity index (χ3v) is 2.39. The fourth-order valence-corrected chi connectivity index (χ4v) is 2.09. The Balaban J connectivity index is 4.64. The van der Waals surface area contributed by atoms with Crippen molar-refractivity contribution < 1.29 is 9.90 Å². The molecule has 0 atom stereocenters. The highest BCUT2D eigenvalue weighted by Crippen LogP contribution is 2.09. The average molecular weight is 182 g/mol. The molecular weight excluding hydrogens is 168 g/mol. The van der Waals surface area contributed by atoms with E-state index in [1.165, 1.54) is 0 Å². The molecule has 0 saturated carbocycles. The predicted octanol–water partition coefficient (Wildman–Crippen LogP) is 1.90. The third kappa shape index (κ3) is 4.75. The van der Waals surface area contributed by atoms with Gasteiger partial charge < -0.3 is 5.11 Å². The number of terminal acetylenes is 1. The summed E-state index contributed by atoms with van der Waals surface area (Å²) in [7, 11) is -1.46. The lowest BCUT2D eigenvalue weighted by Crippen LogP contribution is -2.19. The van der Waals surface area contributed by atoms with Crippen LogP contribution in [0.15, 0.2) is 11.3 Å². The molecule has 0 bridgehead atoms. The number of carboxylic acids is 1. The standard InChI is InChI=1S/C9H14O2Si/c1-5-6-8(9(10)11)7-12(2,3)4/h1,7H,6H2,2-4H3,(H,10,11). The highest BCUT2D eigenvalue weighted by Gasteiger charge is 2.14. The van der Waals surface area contributed by atoms with Gasteiger partial charge in [-0.3, -0.25) is 0 Å². The molecule has 0 amide bonds. The first-order valence-corrected chi connectivity index (χ1v) is 7.33. The number of aliphatic carboxylic acids is 1. The van der Waals surface area contributed by atoms with Crippen LogP contribution in [-0.2, 0) is 4.79 Å². The van der Waals surface area contributed by atoms with Gasteiger partial charge in [0.25, 0.3) is 0 Å². The van der Waals surface area contributed by atoms with Crippen LogP contribution in [0, 0.1) is 12.3 Å². The summed E-state index contributed by atoms with van der Waals surface area (Å²) >= 11 is 0. The van der Waals surface area contributed by atoms with Gasteiger partial charge in [0.15, 0.2) is 0 Å². The Morgan fingerprint density at radius 3 is 2.33 bits per heavy atom. The Bertz CT molecular complexity index is 240. The molecule has 0 aromatic rings. The molecule has 0 saturated heterocycles. The largest absolute Gasteiger partial charge is 0.478 e. The van der Waals surface area contributed by atoms with Crippen LogP contribution in [0.3, 0.4) is 0 Å². The molecule has 0 aromatic heterocycles. The summed E-state index contributed by atoms with van der Waals surface area (Å²) in [6, 6.07) is 0. The topological polar surface area (TPSA) is 37.3 Å². The van der Waals surface area contributed by atoms with Crippen LogP contribution in [-0.4, -0.2) is 19.1 Å². The van der Waals surface area contributed by atoms with Crippen molar-refractivity contribution in [2.24, 2.45) is 0 Å². The van der Waals surface area contributed by atoms with Gasteiger partial charge in [0.1, 0.15) is 0 Å². The van der Waals surface area contributed by atoms with Gasteiger partial charge in [-0.15, -0.1) is 12.3 Å². The van der Waals surface area contributed by atoms with Crippen molar-refractivity contribution in [2.45, 2.75) is 26.1 Å². The minimum absolute atomic E-state index is 0.222. The average Bonchev–Trinajstić information content (AvgIpc) is 1.83. The Labute approximate surface area is 74.3 Å². The van der Waals surface area contributed by atoms with E-state index in [1.807, 2.05) is 5.70 Å². The second-order valence-electron chi connectivity index (χ2n) is 3.72. The lowest BCUT2D eigenvalue weighted by atomic mass is 10.2. The van der Waals surface area contributed by atoms with E-state index in [0.717, 1.165) is 0 Å². The van der Waals surface area contributed by atoms with E-state index in [0.29, 0.717) is 5.57 Å². The SMILES string of the molecule is C#CCC(=C[Si](C)(C)C)C(=O)O. The molecule has 2 nitrogen and oxygen atoms in total. The zero-order valence-corrected chi connectivity index (χ0v) is 8.72. The maximum absolute atomic E-state index is 10.6. The molecular formula is C9H14O2Si. The van der Waals surface area contributed by atoms with Gasteiger partial charge >= 0.3 is 5.97 Å². The van der Waals surface area contributed by atoms with Crippen molar-refractivity contribution in [1.82, 2.24) is 0 Å². The zero-order chi connectivity index (χ0) is 9.78. The second kappa shape index (κ2) is 4.12. The monoisotopic (exact) mass is 182 g/mol. The Morgan fingerprint density at radius 2 is 2.08 bits per heavy atom. The van der Waals surface area contributed by atoms with Crippen molar-refractivity contribution in [3.8, 4) is 12.3 Å². The molecule has 12 heavy (non-hydrogen) atoms. The highest BCUT2D eigenvalue weighted by molar-refractivity contribution is 6.81. The van der Waals surface area contributed by atoms with Gasteiger partial charge in [0, 0.05) is 12.0 Å². The smallest absolute Gasteiger partial charge is 0.331 e. The molecule has 0 unspecified atom stereocenters. The first-order valence-electron chi connectivity index (χ1n) is 3.75. The van der Waals surface area contributed by atoms with Gasteiger partial charge in [0.05, 0.1) is 8.07 Å². The molecule has 0 aromatic carbocycles. The number of hydrogen-bond donors (Lipinski definition) is 1. The van der Waals surface area contributed by atoms with E-state index in [1.54, 1.807) is 0 Å². The molecule has 66 valence electrons. The van der Waals surface area contributed by atoms with E-state index in [9.17, 15) is 4.79 Å². The van der Waals surface area contributed by atoms with Crippen molar-refractivity contribution in [2.75, 3.05) is 0 Å². The van der Waals surface area contributed by atoms with Gasteiger partial charge in [0.2, 0.25) is 0 Å². The first kappa shape index (κ1) is 11.0. The van der Waals surface area contributed by atoms with Crippen molar-refractivity contribution in [3.05, 3.63) is 11.3 Å². The lowest BCUT2D eigenvalue weighted by molar-refractivity contribution is -0.132. The Kier molecular flexibility index (Phi) is 3.77. The zero-order valence-electron chi connectivity index (χ0n) is 7.72. The molecule has 0 heterocycles. The second-order valence-corrected chi connectivity index (χ2v) is 8.74. The van der Waals surface area contributed by atoms with Gasteiger partial charge in [-0.1, -0.05) is 25.3 Å². The molecule has 3 heteroatoms. The minimum Gasteiger partial charge on any atom is -0.478 e. The van der Waals surface area contributed by atoms with Gasteiger partial charge in [-0.05, 0) is 0 Å². The molecule has 0 aliphatic rings.